The van der Waals surface area contributed by atoms with Crippen LogP contribution < -0.4 is 14.8 Å². The number of benzene rings is 2. The average Bonchev–Trinajstić information content (AvgIpc) is 3.13. The van der Waals surface area contributed by atoms with Gasteiger partial charge in [0.25, 0.3) is 11.6 Å². The lowest BCUT2D eigenvalue weighted by atomic mass is 10.1. The molecule has 2 aromatic carbocycles. The number of amides is 1. The van der Waals surface area contributed by atoms with Crippen LogP contribution in [0.2, 0.25) is 0 Å². The van der Waals surface area contributed by atoms with E-state index in [4.69, 9.17) is 14.2 Å². The smallest absolute Gasteiger partial charge is 0.286 e. The minimum Gasteiger partial charge on any atom is -0.493 e. The summed E-state index contributed by atoms with van der Waals surface area (Å²) in [6, 6.07) is 8.19. The second-order valence-corrected chi connectivity index (χ2v) is 7.71. The lowest BCUT2D eigenvalue weighted by molar-refractivity contribution is -0.385. The third-order valence-corrected chi connectivity index (χ3v) is 5.29. The number of halogens is 1. The van der Waals surface area contributed by atoms with E-state index < -0.39 is 16.5 Å². The van der Waals surface area contributed by atoms with Gasteiger partial charge >= 0.3 is 0 Å². The molecule has 168 valence electrons. The summed E-state index contributed by atoms with van der Waals surface area (Å²) in [5, 5.41) is 14.4. The Kier molecular flexibility index (Phi) is 7.33. The molecule has 0 atom stereocenters. The van der Waals surface area contributed by atoms with Crippen LogP contribution in [0.25, 0.3) is 11.3 Å². The molecule has 0 radical (unpaired) electrons. The lowest BCUT2D eigenvalue weighted by Gasteiger charge is -2.12. The van der Waals surface area contributed by atoms with Crippen LogP contribution in [0.5, 0.6) is 11.5 Å². The zero-order chi connectivity index (χ0) is 23.3. The summed E-state index contributed by atoms with van der Waals surface area (Å²) >= 11 is 1.20. The minimum absolute atomic E-state index is 0.122. The number of hydrogen-bond donors (Lipinski definition) is 1. The molecule has 0 saturated carbocycles. The van der Waals surface area contributed by atoms with Crippen LogP contribution in [0.3, 0.4) is 0 Å². The van der Waals surface area contributed by atoms with Crippen molar-refractivity contribution < 1.29 is 28.3 Å². The van der Waals surface area contributed by atoms with Crippen molar-refractivity contribution in [1.29, 1.82) is 0 Å². The third kappa shape index (κ3) is 5.18. The van der Waals surface area contributed by atoms with Gasteiger partial charge in [-0.25, -0.2) is 9.37 Å². The summed E-state index contributed by atoms with van der Waals surface area (Å²) in [6.45, 7) is 2.24. The zero-order valence-electron chi connectivity index (χ0n) is 17.5. The molecule has 1 N–H and O–H groups in total. The number of aromatic nitrogens is 1. The average molecular weight is 461 g/mol. The van der Waals surface area contributed by atoms with E-state index >= 15 is 0 Å². The molecular weight excluding hydrogens is 441 g/mol. The normalized spacial score (nSPS) is 10.6. The Morgan fingerprint density at radius 1 is 1.19 bits per heavy atom. The highest BCUT2D eigenvalue weighted by Crippen LogP contribution is 2.36. The number of nitro groups is 1. The molecule has 0 fully saturated rings. The molecule has 0 aliphatic heterocycles. The van der Waals surface area contributed by atoms with Crippen LogP contribution in [0.15, 0.2) is 36.4 Å². The summed E-state index contributed by atoms with van der Waals surface area (Å²) in [5.41, 5.74) is 0.620. The molecular formula is C21H20FN3O6S. The number of aryl methyl sites for hydroxylation is 1. The van der Waals surface area contributed by atoms with E-state index in [-0.39, 0.29) is 41.2 Å². The van der Waals surface area contributed by atoms with Crippen LogP contribution in [0.1, 0.15) is 15.2 Å². The van der Waals surface area contributed by atoms with Crippen molar-refractivity contribution in [3.63, 3.8) is 0 Å². The first kappa shape index (κ1) is 23.1. The number of hydrogen-bond acceptors (Lipinski definition) is 8. The van der Waals surface area contributed by atoms with Crippen LogP contribution in [0, 0.1) is 22.9 Å². The molecule has 3 aromatic rings. The maximum absolute atomic E-state index is 13.2. The number of methoxy groups -OCH3 is 2. The molecule has 3 rings (SSSR count). The number of carbonyl (C=O) groups excluding carboxylic acids is 1. The summed E-state index contributed by atoms with van der Waals surface area (Å²) in [4.78, 5) is 29.0. The molecule has 1 amide bonds. The molecule has 0 unspecified atom stereocenters. The first-order chi connectivity index (χ1) is 15.3. The molecule has 1 aromatic heterocycles. The van der Waals surface area contributed by atoms with Crippen molar-refractivity contribution in [2.75, 3.05) is 32.8 Å². The Hall–Kier alpha value is -3.57. The SMILES string of the molecule is COCCOc1cc([N+](=O)[O-])c(C(=O)Nc2nc(-c3ccc(F)cc3)c(C)s2)cc1OC. The molecule has 32 heavy (non-hydrogen) atoms. The largest absolute Gasteiger partial charge is 0.493 e. The number of carbonyl (C=O) groups is 1. The molecule has 11 heteroatoms. The fourth-order valence-corrected chi connectivity index (χ4v) is 3.71. The quantitative estimate of drug-likeness (QED) is 0.284. The first-order valence-corrected chi connectivity index (χ1v) is 10.2. The third-order valence-electron chi connectivity index (χ3n) is 4.40. The molecule has 0 bridgehead atoms. The van der Waals surface area contributed by atoms with Gasteiger partial charge in [-0.3, -0.25) is 20.2 Å². The predicted octanol–water partition coefficient (Wildman–Crippen LogP) is 4.45. The maximum Gasteiger partial charge on any atom is 0.286 e. The summed E-state index contributed by atoms with van der Waals surface area (Å²) < 4.78 is 28.8. The Labute approximate surface area is 186 Å². The molecule has 9 nitrogen and oxygen atoms in total. The van der Waals surface area contributed by atoms with Gasteiger partial charge in [0, 0.05) is 23.6 Å². The molecule has 1 heterocycles. The minimum atomic E-state index is -0.724. The topological polar surface area (TPSA) is 113 Å². The highest BCUT2D eigenvalue weighted by atomic mass is 32.1. The van der Waals surface area contributed by atoms with Gasteiger partial charge in [0.2, 0.25) is 0 Å². The molecule has 0 saturated heterocycles. The van der Waals surface area contributed by atoms with Gasteiger partial charge in [-0.05, 0) is 31.2 Å². The fraction of sp³-hybridized carbons (Fsp3) is 0.238. The van der Waals surface area contributed by atoms with E-state index in [1.807, 2.05) is 6.92 Å². The number of nitrogens with one attached hydrogen (secondary N) is 1. The van der Waals surface area contributed by atoms with Gasteiger partial charge in [-0.1, -0.05) is 0 Å². The van der Waals surface area contributed by atoms with Crippen LogP contribution in [-0.4, -0.2) is 43.2 Å². The van der Waals surface area contributed by atoms with E-state index in [1.54, 1.807) is 12.1 Å². The standard InChI is InChI=1S/C21H20FN3O6S/c1-12-19(13-4-6-14(22)7-5-13)23-21(32-12)24-20(26)15-10-17(30-3)18(31-9-8-29-2)11-16(15)25(27)28/h4-7,10-11H,8-9H2,1-3H3,(H,23,24,26). The molecule has 0 aliphatic rings. The monoisotopic (exact) mass is 461 g/mol. The van der Waals surface area contributed by atoms with Gasteiger partial charge < -0.3 is 14.2 Å². The maximum atomic E-state index is 13.2. The van der Waals surface area contributed by atoms with Gasteiger partial charge in [-0.2, -0.15) is 0 Å². The van der Waals surface area contributed by atoms with E-state index in [2.05, 4.69) is 10.3 Å². The van der Waals surface area contributed by atoms with Crippen molar-refractivity contribution in [2.24, 2.45) is 0 Å². The first-order valence-electron chi connectivity index (χ1n) is 9.37. The summed E-state index contributed by atoms with van der Waals surface area (Å²) in [7, 11) is 2.86. The predicted molar refractivity (Wildman–Crippen MR) is 117 cm³/mol. The highest BCUT2D eigenvalue weighted by molar-refractivity contribution is 7.16. The second kappa shape index (κ2) is 10.2. The number of thiazole rings is 1. The Bertz CT molecular complexity index is 1130. The van der Waals surface area contributed by atoms with Crippen LogP contribution >= 0.6 is 11.3 Å². The number of ether oxygens (including phenoxy) is 3. The van der Waals surface area contributed by atoms with Gasteiger partial charge in [0.05, 0.1) is 30.4 Å². The van der Waals surface area contributed by atoms with E-state index in [9.17, 15) is 19.3 Å². The van der Waals surface area contributed by atoms with Gasteiger partial charge in [0.1, 0.15) is 18.0 Å². The van der Waals surface area contributed by atoms with Crippen molar-refractivity contribution in [3.05, 3.63) is 62.8 Å². The lowest BCUT2D eigenvalue weighted by Crippen LogP contribution is -2.15. The number of nitrogens with zero attached hydrogens (tertiary/aromatic N) is 2. The summed E-state index contributed by atoms with van der Waals surface area (Å²) in [5.74, 6) is -0.806. The van der Waals surface area contributed by atoms with E-state index in [0.29, 0.717) is 11.3 Å². The van der Waals surface area contributed by atoms with E-state index in [0.717, 1.165) is 10.9 Å². The zero-order valence-corrected chi connectivity index (χ0v) is 18.3. The second-order valence-electron chi connectivity index (χ2n) is 6.50. The van der Waals surface area contributed by atoms with Crippen LogP contribution in [-0.2, 0) is 4.74 Å². The van der Waals surface area contributed by atoms with Crippen molar-refractivity contribution in [1.82, 2.24) is 4.98 Å². The van der Waals surface area contributed by atoms with Gasteiger partial charge in [-0.15, -0.1) is 11.3 Å². The summed E-state index contributed by atoms with van der Waals surface area (Å²) in [6.07, 6.45) is 0. The van der Waals surface area contributed by atoms with Crippen molar-refractivity contribution >= 4 is 28.1 Å². The Morgan fingerprint density at radius 2 is 1.91 bits per heavy atom. The Balaban J connectivity index is 1.89. The van der Waals surface area contributed by atoms with Crippen molar-refractivity contribution in [3.8, 4) is 22.8 Å². The molecule has 0 aliphatic carbocycles. The molecule has 0 spiro atoms. The number of nitro benzene ring substituents is 1. The Morgan fingerprint density at radius 3 is 2.53 bits per heavy atom. The van der Waals surface area contributed by atoms with Crippen molar-refractivity contribution in [2.45, 2.75) is 6.92 Å². The van der Waals surface area contributed by atoms with Crippen LogP contribution in [0.4, 0.5) is 15.2 Å². The van der Waals surface area contributed by atoms with Gasteiger partial charge in [0.15, 0.2) is 16.6 Å². The fourth-order valence-electron chi connectivity index (χ4n) is 2.88. The number of rotatable bonds is 9. The number of anilines is 1. The van der Waals surface area contributed by atoms with E-state index in [1.165, 1.54) is 43.8 Å². The highest BCUT2D eigenvalue weighted by Gasteiger charge is 2.26.